The molecule has 0 N–H and O–H groups in total. The van der Waals surface area contributed by atoms with Crippen molar-refractivity contribution in [3.8, 4) is 6.07 Å². The fourth-order valence-electron chi connectivity index (χ4n) is 2.96. The van der Waals surface area contributed by atoms with Crippen LogP contribution in [0.3, 0.4) is 0 Å². The third-order valence-electron chi connectivity index (χ3n) is 4.22. The number of benzene rings is 1. The van der Waals surface area contributed by atoms with Crippen molar-refractivity contribution >= 4 is 5.78 Å². The molecular formula is C18H24N2O2. The van der Waals surface area contributed by atoms with E-state index >= 15 is 0 Å². The molecule has 0 bridgehead atoms. The van der Waals surface area contributed by atoms with Gasteiger partial charge in [-0.1, -0.05) is 24.3 Å². The van der Waals surface area contributed by atoms with Crippen LogP contribution >= 0.6 is 0 Å². The molecular weight excluding hydrogens is 276 g/mol. The van der Waals surface area contributed by atoms with Gasteiger partial charge in [-0.25, -0.2) is 0 Å². The van der Waals surface area contributed by atoms with Gasteiger partial charge in [0, 0.05) is 25.6 Å². The Morgan fingerprint density at radius 3 is 2.86 bits per heavy atom. The van der Waals surface area contributed by atoms with E-state index in [0.717, 1.165) is 24.2 Å². The van der Waals surface area contributed by atoms with E-state index in [1.807, 2.05) is 32.0 Å². The standard InChI is InChI=1S/C18H24N2O2/c1-14(21)10-16-12-22-9-8-20(16)11-15-6-4-5-7-17(15)18(2,3)13-19/h4-7,16H,8-12H2,1-3H3/t16-/m1/s1. The highest BCUT2D eigenvalue weighted by atomic mass is 16.5. The number of ether oxygens (including phenoxy) is 1. The minimum absolute atomic E-state index is 0.129. The first kappa shape index (κ1) is 16.7. The molecule has 1 atom stereocenters. The van der Waals surface area contributed by atoms with E-state index in [1.54, 1.807) is 6.92 Å². The van der Waals surface area contributed by atoms with Crippen molar-refractivity contribution in [2.45, 2.75) is 45.2 Å². The van der Waals surface area contributed by atoms with Crippen molar-refractivity contribution in [2.24, 2.45) is 0 Å². The molecule has 4 heteroatoms. The van der Waals surface area contributed by atoms with Gasteiger partial charge in [0.2, 0.25) is 0 Å². The topological polar surface area (TPSA) is 53.3 Å². The van der Waals surface area contributed by atoms with Gasteiger partial charge in [0.1, 0.15) is 5.78 Å². The van der Waals surface area contributed by atoms with Crippen LogP contribution in [-0.2, 0) is 21.5 Å². The van der Waals surface area contributed by atoms with E-state index in [9.17, 15) is 10.1 Å². The predicted octanol–water partition coefficient (Wildman–Crippen LogP) is 2.67. The van der Waals surface area contributed by atoms with E-state index in [0.29, 0.717) is 19.6 Å². The molecule has 22 heavy (non-hydrogen) atoms. The molecule has 1 fully saturated rings. The first-order chi connectivity index (χ1) is 10.4. The van der Waals surface area contributed by atoms with Crippen LogP contribution in [0.1, 0.15) is 38.3 Å². The summed E-state index contributed by atoms with van der Waals surface area (Å²) in [4.78, 5) is 13.8. The zero-order chi connectivity index (χ0) is 16.2. The zero-order valence-electron chi connectivity index (χ0n) is 13.6. The maximum Gasteiger partial charge on any atom is 0.131 e. The van der Waals surface area contributed by atoms with Crippen LogP contribution < -0.4 is 0 Å². The number of Topliss-reactive ketones (excluding diaryl/α,β-unsaturated/α-hetero) is 1. The maximum absolute atomic E-state index is 11.5. The Balaban J connectivity index is 2.22. The molecule has 1 aromatic carbocycles. The van der Waals surface area contributed by atoms with Gasteiger partial charge in [0.15, 0.2) is 0 Å². The molecule has 0 spiro atoms. The molecule has 2 rings (SSSR count). The monoisotopic (exact) mass is 300 g/mol. The highest BCUT2D eigenvalue weighted by Crippen LogP contribution is 2.27. The lowest BCUT2D eigenvalue weighted by atomic mass is 9.83. The fraction of sp³-hybridized carbons (Fsp3) is 0.556. The number of rotatable bonds is 5. The molecule has 4 nitrogen and oxygen atoms in total. The van der Waals surface area contributed by atoms with Crippen molar-refractivity contribution in [2.75, 3.05) is 19.8 Å². The van der Waals surface area contributed by atoms with E-state index in [4.69, 9.17) is 4.74 Å². The van der Waals surface area contributed by atoms with Gasteiger partial charge in [0.05, 0.1) is 24.7 Å². The summed E-state index contributed by atoms with van der Waals surface area (Å²) in [6.45, 7) is 8.37. The van der Waals surface area contributed by atoms with Gasteiger partial charge in [-0.3, -0.25) is 9.69 Å². The lowest BCUT2D eigenvalue weighted by Gasteiger charge is -2.36. The van der Waals surface area contributed by atoms with Crippen LogP contribution in [0.4, 0.5) is 0 Å². The highest BCUT2D eigenvalue weighted by Gasteiger charge is 2.27. The number of hydrogen-bond acceptors (Lipinski definition) is 4. The third-order valence-corrected chi connectivity index (χ3v) is 4.22. The Morgan fingerprint density at radius 2 is 2.18 bits per heavy atom. The number of hydrogen-bond donors (Lipinski definition) is 0. The molecule has 0 unspecified atom stereocenters. The van der Waals surface area contributed by atoms with E-state index < -0.39 is 5.41 Å². The number of carbonyl (C=O) groups excluding carboxylic acids is 1. The molecule has 1 aliphatic rings. The molecule has 0 aliphatic carbocycles. The fourth-order valence-corrected chi connectivity index (χ4v) is 2.96. The van der Waals surface area contributed by atoms with Crippen molar-refractivity contribution < 1.29 is 9.53 Å². The average molecular weight is 300 g/mol. The molecule has 0 amide bonds. The van der Waals surface area contributed by atoms with Crippen LogP contribution in [0.15, 0.2) is 24.3 Å². The van der Waals surface area contributed by atoms with E-state index in [-0.39, 0.29) is 11.8 Å². The second-order valence-corrected chi connectivity index (χ2v) is 6.50. The summed E-state index contributed by atoms with van der Waals surface area (Å²) in [7, 11) is 0. The number of nitriles is 1. The number of nitrogens with zero attached hydrogens (tertiary/aromatic N) is 2. The maximum atomic E-state index is 11.5. The second kappa shape index (κ2) is 7.04. The van der Waals surface area contributed by atoms with Crippen LogP contribution in [0.2, 0.25) is 0 Å². The molecule has 1 aromatic rings. The summed E-state index contributed by atoms with van der Waals surface area (Å²) in [5, 5.41) is 9.42. The van der Waals surface area contributed by atoms with Gasteiger partial charge in [-0.15, -0.1) is 0 Å². The number of ketones is 1. The summed E-state index contributed by atoms with van der Waals surface area (Å²) in [5.74, 6) is 0.186. The molecule has 0 radical (unpaired) electrons. The number of carbonyl (C=O) groups is 1. The molecule has 0 saturated carbocycles. The predicted molar refractivity (Wildman–Crippen MR) is 85.4 cm³/mol. The molecule has 118 valence electrons. The van der Waals surface area contributed by atoms with Gasteiger partial charge < -0.3 is 4.74 Å². The Labute approximate surface area is 132 Å². The Kier molecular flexibility index (Phi) is 5.33. The molecule has 1 saturated heterocycles. The summed E-state index contributed by atoms with van der Waals surface area (Å²) in [6.07, 6.45) is 0.518. The van der Waals surface area contributed by atoms with Gasteiger partial charge in [-0.2, -0.15) is 5.26 Å². The summed E-state index contributed by atoms with van der Waals surface area (Å²) in [5.41, 5.74) is 1.70. The Morgan fingerprint density at radius 1 is 1.45 bits per heavy atom. The van der Waals surface area contributed by atoms with Gasteiger partial charge in [0.25, 0.3) is 0 Å². The zero-order valence-corrected chi connectivity index (χ0v) is 13.6. The van der Waals surface area contributed by atoms with Crippen molar-refractivity contribution in [3.05, 3.63) is 35.4 Å². The highest BCUT2D eigenvalue weighted by molar-refractivity contribution is 5.76. The summed E-state index contributed by atoms with van der Waals surface area (Å²) >= 11 is 0. The summed E-state index contributed by atoms with van der Waals surface area (Å²) < 4.78 is 5.52. The smallest absolute Gasteiger partial charge is 0.131 e. The minimum Gasteiger partial charge on any atom is -0.378 e. The minimum atomic E-state index is -0.515. The van der Waals surface area contributed by atoms with Crippen LogP contribution in [-0.4, -0.2) is 36.5 Å². The first-order valence-corrected chi connectivity index (χ1v) is 7.75. The quantitative estimate of drug-likeness (QED) is 0.839. The second-order valence-electron chi connectivity index (χ2n) is 6.50. The van der Waals surface area contributed by atoms with E-state index in [2.05, 4.69) is 17.0 Å². The third kappa shape index (κ3) is 3.94. The lowest BCUT2D eigenvalue weighted by molar-refractivity contribution is -0.120. The number of morpholine rings is 1. The summed E-state index contributed by atoms with van der Waals surface area (Å²) in [6, 6.07) is 10.6. The first-order valence-electron chi connectivity index (χ1n) is 7.75. The van der Waals surface area contributed by atoms with Crippen LogP contribution in [0.5, 0.6) is 0 Å². The van der Waals surface area contributed by atoms with Crippen molar-refractivity contribution in [3.63, 3.8) is 0 Å². The van der Waals surface area contributed by atoms with Crippen molar-refractivity contribution in [1.29, 1.82) is 5.26 Å². The Bertz CT molecular complexity index is 575. The lowest BCUT2D eigenvalue weighted by Crippen LogP contribution is -2.46. The average Bonchev–Trinajstić information content (AvgIpc) is 2.49. The van der Waals surface area contributed by atoms with Gasteiger partial charge >= 0.3 is 0 Å². The Hall–Kier alpha value is -1.70. The molecule has 1 aliphatic heterocycles. The van der Waals surface area contributed by atoms with Crippen LogP contribution in [0.25, 0.3) is 0 Å². The van der Waals surface area contributed by atoms with Crippen molar-refractivity contribution in [1.82, 2.24) is 4.90 Å². The molecule has 1 heterocycles. The van der Waals surface area contributed by atoms with Crippen LogP contribution in [0, 0.1) is 11.3 Å². The van der Waals surface area contributed by atoms with E-state index in [1.165, 1.54) is 0 Å². The normalized spacial score (nSPS) is 19.6. The largest absolute Gasteiger partial charge is 0.378 e. The molecule has 0 aromatic heterocycles. The van der Waals surface area contributed by atoms with Gasteiger partial charge in [-0.05, 0) is 31.9 Å². The SMILES string of the molecule is CC(=O)C[C@@H]1COCCN1Cc1ccccc1C(C)(C)C#N.